The minimum Gasteiger partial charge on any atom is -0.508 e. The molecular formula is C21H15FN4O3. The van der Waals surface area contributed by atoms with Crippen LogP contribution in [-0.2, 0) is 4.79 Å². The lowest BCUT2D eigenvalue weighted by Gasteiger charge is -2.19. The van der Waals surface area contributed by atoms with E-state index in [1.165, 1.54) is 42.4 Å². The summed E-state index contributed by atoms with van der Waals surface area (Å²) in [4.78, 5) is 22.0. The molecule has 0 aliphatic carbocycles. The number of benzene rings is 2. The van der Waals surface area contributed by atoms with Gasteiger partial charge in [0, 0.05) is 24.8 Å². The van der Waals surface area contributed by atoms with E-state index in [0.717, 1.165) is 0 Å². The molecule has 4 rings (SSSR count). The number of hydrogen-bond donors (Lipinski definition) is 1. The van der Waals surface area contributed by atoms with E-state index in [1.807, 2.05) is 0 Å². The highest BCUT2D eigenvalue weighted by molar-refractivity contribution is 6.03. The zero-order valence-electron chi connectivity index (χ0n) is 15.3. The van der Waals surface area contributed by atoms with Crippen LogP contribution in [0.5, 0.6) is 5.75 Å². The number of carbonyl (C=O) groups excluding carboxylic acids is 1. The van der Waals surface area contributed by atoms with E-state index in [2.05, 4.69) is 15.1 Å². The highest BCUT2D eigenvalue weighted by Gasteiger charge is 2.28. The summed E-state index contributed by atoms with van der Waals surface area (Å²) in [5.41, 5.74) is 2.30. The molecule has 0 atom stereocenters. The Morgan fingerprint density at radius 2 is 1.93 bits per heavy atom. The van der Waals surface area contributed by atoms with Gasteiger partial charge in [-0.15, -0.1) is 0 Å². The van der Waals surface area contributed by atoms with Gasteiger partial charge in [0.15, 0.2) is 0 Å². The molecule has 0 bridgehead atoms. The van der Waals surface area contributed by atoms with E-state index in [4.69, 9.17) is 4.52 Å². The van der Waals surface area contributed by atoms with Crippen LogP contribution in [0.25, 0.3) is 22.5 Å². The van der Waals surface area contributed by atoms with E-state index in [-0.39, 0.29) is 23.4 Å². The van der Waals surface area contributed by atoms with Crippen molar-refractivity contribution in [3.63, 3.8) is 0 Å². The average molecular weight is 390 g/mol. The number of hydrogen-bond acceptors (Lipinski definition) is 6. The molecule has 0 saturated carbocycles. The lowest BCUT2D eigenvalue weighted by Crippen LogP contribution is -2.22. The number of phenolic OH excluding ortho intramolecular Hbond substituents is 1. The van der Waals surface area contributed by atoms with Crippen molar-refractivity contribution >= 4 is 17.5 Å². The van der Waals surface area contributed by atoms with Crippen molar-refractivity contribution in [2.24, 2.45) is 0 Å². The number of nitrogens with zero attached hydrogens (tertiary/aromatic N) is 4. The predicted molar refractivity (Wildman–Crippen MR) is 104 cm³/mol. The first-order chi connectivity index (χ1) is 14.0. The van der Waals surface area contributed by atoms with Gasteiger partial charge in [-0.2, -0.15) is 0 Å². The molecule has 4 aromatic rings. The fraction of sp³-hybridized carbons (Fsp3) is 0.0476. The van der Waals surface area contributed by atoms with Crippen LogP contribution in [0.15, 0.2) is 71.6 Å². The number of amides is 1. The third-order valence-corrected chi connectivity index (χ3v) is 4.24. The van der Waals surface area contributed by atoms with Gasteiger partial charge < -0.3 is 9.63 Å². The zero-order chi connectivity index (χ0) is 20.4. The molecule has 29 heavy (non-hydrogen) atoms. The molecule has 2 heterocycles. The molecule has 7 nitrogen and oxygen atoms in total. The van der Waals surface area contributed by atoms with Gasteiger partial charge in [-0.25, -0.2) is 19.3 Å². The van der Waals surface area contributed by atoms with Crippen molar-refractivity contribution in [2.45, 2.75) is 6.92 Å². The number of halogens is 1. The Bertz CT molecular complexity index is 1160. The molecular weight excluding hydrogens is 375 g/mol. The number of anilines is 2. The van der Waals surface area contributed by atoms with Crippen molar-refractivity contribution in [2.75, 3.05) is 4.90 Å². The molecule has 1 N–H and O–H groups in total. The highest BCUT2D eigenvalue weighted by atomic mass is 19.1. The summed E-state index contributed by atoms with van der Waals surface area (Å²) < 4.78 is 19.0. The summed E-state index contributed by atoms with van der Waals surface area (Å²) in [7, 11) is 0. The number of rotatable bonds is 4. The Balaban J connectivity index is 1.95. The van der Waals surface area contributed by atoms with E-state index < -0.39 is 0 Å². The molecule has 144 valence electrons. The largest absolute Gasteiger partial charge is 0.508 e. The third-order valence-electron chi connectivity index (χ3n) is 4.24. The van der Waals surface area contributed by atoms with Crippen molar-refractivity contribution in [1.29, 1.82) is 0 Å². The van der Waals surface area contributed by atoms with Gasteiger partial charge >= 0.3 is 0 Å². The summed E-state index contributed by atoms with van der Waals surface area (Å²) in [6.45, 7) is 1.37. The van der Waals surface area contributed by atoms with Crippen molar-refractivity contribution in [3.8, 4) is 28.3 Å². The van der Waals surface area contributed by atoms with Crippen molar-refractivity contribution in [1.82, 2.24) is 15.1 Å². The molecule has 0 aliphatic rings. The smallest absolute Gasteiger partial charge is 0.248 e. The van der Waals surface area contributed by atoms with Crippen LogP contribution in [0, 0.1) is 5.82 Å². The molecule has 1 amide bonds. The molecule has 2 aromatic heterocycles. The van der Waals surface area contributed by atoms with Crippen LogP contribution < -0.4 is 4.90 Å². The summed E-state index contributed by atoms with van der Waals surface area (Å²) in [6, 6.07) is 13.6. The van der Waals surface area contributed by atoms with E-state index >= 15 is 0 Å². The quantitative estimate of drug-likeness (QED) is 0.558. The maximum atomic E-state index is 13.4. The monoisotopic (exact) mass is 390 g/mol. The Labute approximate surface area is 165 Å². The Kier molecular flexibility index (Phi) is 4.74. The molecule has 0 fully saturated rings. The van der Waals surface area contributed by atoms with Gasteiger partial charge in [0.05, 0.1) is 16.9 Å². The average Bonchev–Trinajstić information content (AvgIpc) is 3.13. The van der Waals surface area contributed by atoms with Gasteiger partial charge in [-0.1, -0.05) is 11.2 Å². The van der Waals surface area contributed by atoms with Gasteiger partial charge in [0.2, 0.25) is 11.8 Å². The SMILES string of the molecule is CC(=O)N(c1cccc(O)c1)c1onc(-c2ccc(F)cc2)c1-c1ccncn1. The van der Waals surface area contributed by atoms with E-state index in [1.54, 1.807) is 36.5 Å². The summed E-state index contributed by atoms with van der Waals surface area (Å²) in [5.74, 6) is -0.615. The fourth-order valence-electron chi connectivity index (χ4n) is 2.98. The van der Waals surface area contributed by atoms with Crippen molar-refractivity contribution < 1.29 is 18.8 Å². The van der Waals surface area contributed by atoms with Crippen LogP contribution >= 0.6 is 0 Å². The second-order valence-corrected chi connectivity index (χ2v) is 6.19. The van der Waals surface area contributed by atoms with Crippen molar-refractivity contribution in [3.05, 3.63) is 72.9 Å². The van der Waals surface area contributed by atoms with Crippen LogP contribution in [0.2, 0.25) is 0 Å². The maximum Gasteiger partial charge on any atom is 0.248 e. The van der Waals surface area contributed by atoms with Crippen LogP contribution in [0.1, 0.15) is 6.92 Å². The fourth-order valence-corrected chi connectivity index (χ4v) is 2.98. The Morgan fingerprint density at radius 3 is 2.59 bits per heavy atom. The van der Waals surface area contributed by atoms with E-state index in [9.17, 15) is 14.3 Å². The number of carbonyl (C=O) groups is 1. The lowest BCUT2D eigenvalue weighted by atomic mass is 10.0. The van der Waals surface area contributed by atoms with Crippen LogP contribution in [-0.4, -0.2) is 26.1 Å². The standard InChI is InChI=1S/C21H15FN4O3/c1-13(27)26(16-3-2-4-17(28)11-16)21-19(18-9-10-23-12-24-18)20(25-29-21)14-5-7-15(22)8-6-14/h2-12,28H,1H3. The number of aromatic nitrogens is 3. The molecule has 0 saturated heterocycles. The van der Waals surface area contributed by atoms with Gasteiger partial charge in [-0.3, -0.25) is 4.79 Å². The first-order valence-corrected chi connectivity index (χ1v) is 8.66. The minimum atomic E-state index is -0.383. The highest BCUT2D eigenvalue weighted by Crippen LogP contribution is 2.41. The third kappa shape index (κ3) is 3.55. The number of phenols is 1. The topological polar surface area (TPSA) is 92.4 Å². The summed E-state index contributed by atoms with van der Waals surface area (Å²) >= 11 is 0. The van der Waals surface area contributed by atoms with Gasteiger partial charge in [-0.05, 0) is 42.5 Å². The molecule has 0 aliphatic heterocycles. The normalized spacial score (nSPS) is 10.7. The first-order valence-electron chi connectivity index (χ1n) is 8.66. The molecule has 2 aromatic carbocycles. The van der Waals surface area contributed by atoms with Gasteiger partial charge in [0.25, 0.3) is 0 Å². The molecule has 0 radical (unpaired) electrons. The molecule has 0 spiro atoms. The van der Waals surface area contributed by atoms with E-state index in [0.29, 0.717) is 28.2 Å². The minimum absolute atomic E-state index is 0.00407. The summed E-state index contributed by atoms with van der Waals surface area (Å²) in [5, 5.41) is 14.0. The maximum absolute atomic E-state index is 13.4. The number of aromatic hydroxyl groups is 1. The zero-order valence-corrected chi connectivity index (χ0v) is 15.3. The van der Waals surface area contributed by atoms with Crippen LogP contribution in [0.4, 0.5) is 16.0 Å². The second-order valence-electron chi connectivity index (χ2n) is 6.19. The van der Waals surface area contributed by atoms with Gasteiger partial charge in [0.1, 0.15) is 23.6 Å². The molecule has 8 heteroatoms. The first kappa shape index (κ1) is 18.3. The Morgan fingerprint density at radius 1 is 1.14 bits per heavy atom. The van der Waals surface area contributed by atoms with Crippen LogP contribution in [0.3, 0.4) is 0 Å². The molecule has 0 unspecified atom stereocenters. The predicted octanol–water partition coefficient (Wildman–Crippen LogP) is 4.33. The second kappa shape index (κ2) is 7.51. The summed E-state index contributed by atoms with van der Waals surface area (Å²) in [6.07, 6.45) is 2.92. The lowest BCUT2D eigenvalue weighted by molar-refractivity contribution is -0.116. The Hall–Kier alpha value is -4.07.